The van der Waals surface area contributed by atoms with E-state index in [4.69, 9.17) is 0 Å². The van der Waals surface area contributed by atoms with Crippen LogP contribution in [0.3, 0.4) is 0 Å². The van der Waals surface area contributed by atoms with Gasteiger partial charge >= 0.3 is 12.1 Å². The van der Waals surface area contributed by atoms with E-state index in [0.29, 0.717) is 5.69 Å². The molecular weight excluding hydrogens is 218 g/mol. The molecule has 4 nitrogen and oxygen atoms in total. The van der Waals surface area contributed by atoms with Gasteiger partial charge in [-0.25, -0.2) is 9.59 Å². The van der Waals surface area contributed by atoms with Gasteiger partial charge in [0.25, 0.3) is 0 Å². The number of cyclic esters (lactones) is 2. The molecule has 1 unspecified atom stereocenters. The lowest BCUT2D eigenvalue weighted by molar-refractivity contribution is -0.136. The standard InChI is InChI=1S/C13H15NO3/c1-8(2)11-12(15)17-13(16)14(11)10-6-4-9(3)5-7-10/h4-8,11H,1-3H3. The molecule has 1 aliphatic rings. The number of rotatable bonds is 2. The van der Waals surface area contributed by atoms with Crippen LogP contribution in [-0.4, -0.2) is 18.1 Å². The number of anilines is 1. The lowest BCUT2D eigenvalue weighted by Crippen LogP contribution is -2.38. The first kappa shape index (κ1) is 11.6. The molecule has 0 bridgehead atoms. The third kappa shape index (κ3) is 2.02. The fourth-order valence-electron chi connectivity index (χ4n) is 1.96. The lowest BCUT2D eigenvalue weighted by atomic mass is 10.0. The highest BCUT2D eigenvalue weighted by molar-refractivity contribution is 6.07. The zero-order chi connectivity index (χ0) is 12.6. The van der Waals surface area contributed by atoms with Crippen LogP contribution in [0.4, 0.5) is 10.5 Å². The van der Waals surface area contributed by atoms with Gasteiger partial charge in [0.1, 0.15) is 6.04 Å². The Hall–Kier alpha value is -1.84. The summed E-state index contributed by atoms with van der Waals surface area (Å²) in [7, 11) is 0. The van der Waals surface area contributed by atoms with Crippen molar-refractivity contribution in [2.75, 3.05) is 4.90 Å². The number of aryl methyl sites for hydroxylation is 1. The van der Waals surface area contributed by atoms with Crippen molar-refractivity contribution in [1.82, 2.24) is 0 Å². The van der Waals surface area contributed by atoms with Crippen molar-refractivity contribution in [3.8, 4) is 0 Å². The van der Waals surface area contributed by atoms with E-state index in [1.54, 1.807) is 0 Å². The van der Waals surface area contributed by atoms with E-state index in [1.165, 1.54) is 4.90 Å². The average molecular weight is 233 g/mol. The minimum Gasteiger partial charge on any atom is -0.374 e. The van der Waals surface area contributed by atoms with Gasteiger partial charge in [0.2, 0.25) is 0 Å². The summed E-state index contributed by atoms with van der Waals surface area (Å²) < 4.78 is 4.68. The second kappa shape index (κ2) is 4.20. The smallest absolute Gasteiger partial charge is 0.374 e. The van der Waals surface area contributed by atoms with Crippen LogP contribution in [-0.2, 0) is 9.53 Å². The number of hydrogen-bond acceptors (Lipinski definition) is 3. The van der Waals surface area contributed by atoms with E-state index in [0.717, 1.165) is 5.56 Å². The van der Waals surface area contributed by atoms with Gasteiger partial charge in [-0.05, 0) is 25.0 Å². The molecule has 1 aromatic rings. The van der Waals surface area contributed by atoms with E-state index in [2.05, 4.69) is 4.74 Å². The largest absolute Gasteiger partial charge is 0.422 e. The lowest BCUT2D eigenvalue weighted by Gasteiger charge is -2.22. The highest BCUT2D eigenvalue weighted by atomic mass is 16.6. The summed E-state index contributed by atoms with van der Waals surface area (Å²) in [6, 6.07) is 6.94. The molecule has 90 valence electrons. The minimum absolute atomic E-state index is 0.0234. The Morgan fingerprint density at radius 2 is 1.76 bits per heavy atom. The van der Waals surface area contributed by atoms with E-state index in [-0.39, 0.29) is 5.92 Å². The van der Waals surface area contributed by atoms with Crippen molar-refractivity contribution in [3.05, 3.63) is 29.8 Å². The fraction of sp³-hybridized carbons (Fsp3) is 0.385. The second-order valence-corrected chi connectivity index (χ2v) is 4.58. The Morgan fingerprint density at radius 3 is 2.29 bits per heavy atom. The summed E-state index contributed by atoms with van der Waals surface area (Å²) >= 11 is 0. The molecule has 1 amide bonds. The third-order valence-corrected chi connectivity index (χ3v) is 2.85. The Bertz CT molecular complexity index is 450. The first-order valence-corrected chi connectivity index (χ1v) is 5.62. The minimum atomic E-state index is -0.586. The Kier molecular flexibility index (Phi) is 2.88. The number of hydrogen-bond donors (Lipinski definition) is 0. The summed E-state index contributed by atoms with van der Waals surface area (Å²) in [5.74, 6) is -0.444. The number of benzene rings is 1. The van der Waals surface area contributed by atoms with Crippen molar-refractivity contribution in [2.45, 2.75) is 26.8 Å². The maximum absolute atomic E-state index is 11.7. The van der Waals surface area contributed by atoms with Crippen molar-refractivity contribution in [1.29, 1.82) is 0 Å². The SMILES string of the molecule is Cc1ccc(N2C(=O)OC(=O)C2C(C)C)cc1. The van der Waals surface area contributed by atoms with Gasteiger partial charge in [-0.1, -0.05) is 31.5 Å². The van der Waals surface area contributed by atoms with Crippen LogP contribution in [0.5, 0.6) is 0 Å². The Labute approximate surface area is 100 Å². The summed E-state index contributed by atoms with van der Waals surface area (Å²) in [5, 5.41) is 0. The number of carbonyl (C=O) groups is 2. The third-order valence-electron chi connectivity index (χ3n) is 2.85. The van der Waals surface area contributed by atoms with E-state index in [1.807, 2.05) is 45.0 Å². The zero-order valence-corrected chi connectivity index (χ0v) is 10.1. The second-order valence-electron chi connectivity index (χ2n) is 4.58. The van der Waals surface area contributed by atoms with Crippen molar-refractivity contribution >= 4 is 17.7 Å². The van der Waals surface area contributed by atoms with Crippen LogP contribution in [0, 0.1) is 12.8 Å². The molecule has 1 saturated heterocycles. The summed E-state index contributed by atoms with van der Waals surface area (Å²) in [6.07, 6.45) is -0.586. The molecule has 17 heavy (non-hydrogen) atoms. The van der Waals surface area contributed by atoms with Crippen LogP contribution < -0.4 is 4.90 Å². The van der Waals surface area contributed by atoms with Crippen LogP contribution in [0.15, 0.2) is 24.3 Å². The summed E-state index contributed by atoms with van der Waals surface area (Å²) in [5.41, 5.74) is 1.80. The molecule has 4 heteroatoms. The van der Waals surface area contributed by atoms with Gasteiger partial charge in [-0.15, -0.1) is 0 Å². The molecule has 1 aliphatic heterocycles. The van der Waals surface area contributed by atoms with E-state index < -0.39 is 18.1 Å². The first-order valence-electron chi connectivity index (χ1n) is 5.62. The van der Waals surface area contributed by atoms with Crippen molar-refractivity contribution < 1.29 is 14.3 Å². The van der Waals surface area contributed by atoms with Gasteiger partial charge in [0.15, 0.2) is 0 Å². The molecule has 0 radical (unpaired) electrons. The fourth-order valence-corrected chi connectivity index (χ4v) is 1.96. The topological polar surface area (TPSA) is 46.6 Å². The normalized spacial score (nSPS) is 20.0. The van der Waals surface area contributed by atoms with Gasteiger partial charge in [-0.3, -0.25) is 4.90 Å². The first-order chi connectivity index (χ1) is 8.00. The zero-order valence-electron chi connectivity index (χ0n) is 10.1. The van der Waals surface area contributed by atoms with Crippen LogP contribution in [0.2, 0.25) is 0 Å². The Morgan fingerprint density at radius 1 is 1.18 bits per heavy atom. The van der Waals surface area contributed by atoms with Gasteiger partial charge in [-0.2, -0.15) is 0 Å². The monoisotopic (exact) mass is 233 g/mol. The molecule has 0 spiro atoms. The number of ether oxygens (including phenoxy) is 1. The molecule has 0 aliphatic carbocycles. The Balaban J connectivity index is 2.38. The molecule has 0 saturated carbocycles. The number of esters is 1. The highest BCUT2D eigenvalue weighted by Gasteiger charge is 2.43. The predicted molar refractivity (Wildman–Crippen MR) is 63.8 cm³/mol. The molecule has 0 N–H and O–H groups in total. The predicted octanol–water partition coefficient (Wildman–Crippen LogP) is 2.50. The van der Waals surface area contributed by atoms with Gasteiger partial charge in [0, 0.05) is 5.69 Å². The number of carbonyl (C=O) groups excluding carboxylic acids is 2. The van der Waals surface area contributed by atoms with Crippen molar-refractivity contribution in [3.63, 3.8) is 0 Å². The molecule has 1 fully saturated rings. The van der Waals surface area contributed by atoms with Crippen LogP contribution in [0.25, 0.3) is 0 Å². The molecule has 0 aromatic heterocycles. The maximum atomic E-state index is 11.7. The number of amides is 1. The van der Waals surface area contributed by atoms with Gasteiger partial charge < -0.3 is 4.74 Å². The number of nitrogens with zero attached hydrogens (tertiary/aromatic N) is 1. The maximum Gasteiger partial charge on any atom is 0.422 e. The average Bonchev–Trinajstić information content (AvgIpc) is 2.55. The molecule has 1 aromatic carbocycles. The molecule has 2 rings (SSSR count). The van der Waals surface area contributed by atoms with Crippen LogP contribution >= 0.6 is 0 Å². The molecule has 1 atom stereocenters. The van der Waals surface area contributed by atoms with Crippen molar-refractivity contribution in [2.24, 2.45) is 5.92 Å². The van der Waals surface area contributed by atoms with E-state index >= 15 is 0 Å². The van der Waals surface area contributed by atoms with E-state index in [9.17, 15) is 9.59 Å². The summed E-state index contributed by atoms with van der Waals surface area (Å²) in [4.78, 5) is 24.7. The molecular formula is C13H15NO3. The summed E-state index contributed by atoms with van der Waals surface area (Å²) in [6.45, 7) is 5.76. The highest BCUT2D eigenvalue weighted by Crippen LogP contribution is 2.27. The molecule has 1 heterocycles. The van der Waals surface area contributed by atoms with Crippen LogP contribution in [0.1, 0.15) is 19.4 Å². The quantitative estimate of drug-likeness (QED) is 0.582. The van der Waals surface area contributed by atoms with Gasteiger partial charge in [0.05, 0.1) is 0 Å².